The van der Waals surface area contributed by atoms with E-state index in [0.29, 0.717) is 13.0 Å². The Balaban J connectivity index is 2.19. The number of hydrogen-bond donors (Lipinski definition) is 3. The van der Waals surface area contributed by atoms with E-state index < -0.39 is 17.9 Å². The Morgan fingerprint density at radius 1 is 1.50 bits per heavy atom. The van der Waals surface area contributed by atoms with E-state index in [-0.39, 0.29) is 11.9 Å². The fourth-order valence-electron chi connectivity index (χ4n) is 3.25. The minimum absolute atomic E-state index is 0.0836. The summed E-state index contributed by atoms with van der Waals surface area (Å²) in [6.07, 6.45) is 5.55. The Morgan fingerprint density at radius 3 is 2.92 bits per heavy atom. The molecule has 132 valence electrons. The maximum atomic E-state index is 13.0. The Bertz CT molecular complexity index is 552. The molecule has 0 spiro atoms. The second-order valence-electron chi connectivity index (χ2n) is 6.15. The molecule has 1 fully saturated rings. The number of aliphatic hydroxyl groups is 1. The minimum Gasteiger partial charge on any atom is -0.382 e. The molecule has 7 nitrogen and oxygen atoms in total. The van der Waals surface area contributed by atoms with Gasteiger partial charge in [-0.1, -0.05) is 25.8 Å². The molecule has 2 heterocycles. The lowest BCUT2D eigenvalue weighted by molar-refractivity contribution is -0.151. The van der Waals surface area contributed by atoms with Gasteiger partial charge < -0.3 is 10.0 Å². The van der Waals surface area contributed by atoms with Crippen LogP contribution in [-0.4, -0.2) is 44.7 Å². The van der Waals surface area contributed by atoms with Crippen LogP contribution in [0, 0.1) is 5.92 Å². The Labute approximate surface area is 141 Å². The molecule has 2 rings (SSSR count). The van der Waals surface area contributed by atoms with Crippen LogP contribution in [0.5, 0.6) is 0 Å². The summed E-state index contributed by atoms with van der Waals surface area (Å²) >= 11 is 0. The number of nitrogens with one attached hydrogen (secondary N) is 1. The lowest BCUT2D eigenvalue weighted by Gasteiger charge is -2.30. The van der Waals surface area contributed by atoms with Gasteiger partial charge in [-0.05, 0) is 30.9 Å². The SMILES string of the molecule is CCCC[C@@H](C(=O)N1CCCC1c1cccnc1)[C@H](O)C(=O)NO. The zero-order valence-corrected chi connectivity index (χ0v) is 13.9. The van der Waals surface area contributed by atoms with Gasteiger partial charge in [0.1, 0.15) is 6.10 Å². The maximum absolute atomic E-state index is 13.0. The second-order valence-corrected chi connectivity index (χ2v) is 6.15. The summed E-state index contributed by atoms with van der Waals surface area (Å²) in [6.45, 7) is 2.57. The van der Waals surface area contributed by atoms with Gasteiger partial charge in [0.25, 0.3) is 5.91 Å². The fraction of sp³-hybridized carbons (Fsp3) is 0.588. The largest absolute Gasteiger partial charge is 0.382 e. The first-order chi connectivity index (χ1) is 11.6. The van der Waals surface area contributed by atoms with Crippen LogP contribution < -0.4 is 5.48 Å². The van der Waals surface area contributed by atoms with Gasteiger partial charge in [-0.15, -0.1) is 0 Å². The van der Waals surface area contributed by atoms with E-state index in [1.807, 2.05) is 19.1 Å². The molecule has 2 amide bonds. The number of amides is 2. The maximum Gasteiger partial charge on any atom is 0.272 e. The predicted molar refractivity (Wildman–Crippen MR) is 86.9 cm³/mol. The Kier molecular flexibility index (Phi) is 6.69. The van der Waals surface area contributed by atoms with Crippen molar-refractivity contribution in [2.24, 2.45) is 5.92 Å². The third-order valence-electron chi connectivity index (χ3n) is 4.55. The molecule has 0 saturated carbocycles. The van der Waals surface area contributed by atoms with Crippen molar-refractivity contribution in [2.75, 3.05) is 6.54 Å². The average molecular weight is 335 g/mol. The molecule has 1 aromatic heterocycles. The van der Waals surface area contributed by atoms with Crippen molar-refractivity contribution in [2.45, 2.75) is 51.2 Å². The summed E-state index contributed by atoms with van der Waals surface area (Å²) in [5.74, 6) is -2.04. The monoisotopic (exact) mass is 335 g/mol. The quantitative estimate of drug-likeness (QED) is 0.516. The molecule has 3 N–H and O–H groups in total. The van der Waals surface area contributed by atoms with Crippen molar-refractivity contribution in [3.05, 3.63) is 30.1 Å². The van der Waals surface area contributed by atoms with Gasteiger partial charge in [-0.3, -0.25) is 19.8 Å². The summed E-state index contributed by atoms with van der Waals surface area (Å²) in [5, 5.41) is 18.9. The molecular formula is C17H25N3O4. The highest BCUT2D eigenvalue weighted by Crippen LogP contribution is 2.33. The van der Waals surface area contributed by atoms with Gasteiger partial charge in [0.15, 0.2) is 0 Å². The fourth-order valence-corrected chi connectivity index (χ4v) is 3.25. The van der Waals surface area contributed by atoms with Crippen molar-refractivity contribution < 1.29 is 19.9 Å². The van der Waals surface area contributed by atoms with Crippen LogP contribution in [0.4, 0.5) is 0 Å². The third-order valence-corrected chi connectivity index (χ3v) is 4.55. The zero-order chi connectivity index (χ0) is 17.5. The number of carbonyl (C=O) groups is 2. The van der Waals surface area contributed by atoms with Crippen LogP contribution in [0.15, 0.2) is 24.5 Å². The van der Waals surface area contributed by atoms with E-state index in [2.05, 4.69) is 4.98 Å². The van der Waals surface area contributed by atoms with Gasteiger partial charge in [-0.25, -0.2) is 5.48 Å². The normalized spacial score (nSPS) is 19.8. The molecular weight excluding hydrogens is 310 g/mol. The van der Waals surface area contributed by atoms with E-state index in [1.54, 1.807) is 17.3 Å². The van der Waals surface area contributed by atoms with E-state index in [1.165, 1.54) is 5.48 Å². The highest BCUT2D eigenvalue weighted by molar-refractivity contribution is 5.89. The highest BCUT2D eigenvalue weighted by Gasteiger charge is 2.39. The number of hydroxylamine groups is 1. The smallest absolute Gasteiger partial charge is 0.272 e. The summed E-state index contributed by atoms with van der Waals surface area (Å²) in [7, 11) is 0. The number of pyridine rings is 1. The first-order valence-electron chi connectivity index (χ1n) is 8.42. The van der Waals surface area contributed by atoms with Crippen LogP contribution in [0.25, 0.3) is 0 Å². The second kappa shape index (κ2) is 8.75. The number of aromatic nitrogens is 1. The standard InChI is InChI=1S/C17H25N3O4/c1-2-3-7-13(15(21)16(22)19-24)17(23)20-10-5-8-14(20)12-6-4-9-18-11-12/h4,6,9,11,13-15,21,24H,2-3,5,7-8,10H2,1H3,(H,19,22)/t13-,14?,15+/m1/s1. The molecule has 0 aliphatic carbocycles. The van der Waals surface area contributed by atoms with E-state index in [4.69, 9.17) is 5.21 Å². The number of aliphatic hydroxyl groups excluding tert-OH is 1. The molecule has 1 aliphatic rings. The van der Waals surface area contributed by atoms with Crippen molar-refractivity contribution in [3.8, 4) is 0 Å². The van der Waals surface area contributed by atoms with Crippen LogP contribution in [0.2, 0.25) is 0 Å². The predicted octanol–water partition coefficient (Wildman–Crippen LogP) is 1.42. The summed E-state index contributed by atoms with van der Waals surface area (Å²) in [4.78, 5) is 30.4. The number of carbonyl (C=O) groups excluding carboxylic acids is 2. The molecule has 1 unspecified atom stereocenters. The van der Waals surface area contributed by atoms with Crippen molar-refractivity contribution >= 4 is 11.8 Å². The van der Waals surface area contributed by atoms with Crippen LogP contribution in [-0.2, 0) is 9.59 Å². The third kappa shape index (κ3) is 4.10. The summed E-state index contributed by atoms with van der Waals surface area (Å²) in [6, 6.07) is 3.68. The number of unbranched alkanes of at least 4 members (excludes halogenated alkanes) is 1. The van der Waals surface area contributed by atoms with Gasteiger partial charge in [-0.2, -0.15) is 0 Å². The van der Waals surface area contributed by atoms with E-state index in [0.717, 1.165) is 31.2 Å². The summed E-state index contributed by atoms with van der Waals surface area (Å²) < 4.78 is 0. The average Bonchev–Trinajstić information content (AvgIpc) is 3.11. The van der Waals surface area contributed by atoms with Crippen LogP contribution in [0.3, 0.4) is 0 Å². The number of likely N-dealkylation sites (tertiary alicyclic amines) is 1. The van der Waals surface area contributed by atoms with Crippen molar-refractivity contribution in [3.63, 3.8) is 0 Å². The first kappa shape index (κ1) is 18.4. The molecule has 7 heteroatoms. The Morgan fingerprint density at radius 2 is 2.29 bits per heavy atom. The first-order valence-corrected chi connectivity index (χ1v) is 8.42. The number of nitrogens with zero attached hydrogens (tertiary/aromatic N) is 2. The van der Waals surface area contributed by atoms with Crippen molar-refractivity contribution in [1.29, 1.82) is 0 Å². The molecule has 24 heavy (non-hydrogen) atoms. The molecule has 1 aliphatic heterocycles. The van der Waals surface area contributed by atoms with Crippen LogP contribution >= 0.6 is 0 Å². The van der Waals surface area contributed by atoms with E-state index in [9.17, 15) is 14.7 Å². The van der Waals surface area contributed by atoms with Crippen LogP contribution in [0.1, 0.15) is 50.6 Å². The minimum atomic E-state index is -1.55. The topological polar surface area (TPSA) is 103 Å². The van der Waals surface area contributed by atoms with Gasteiger partial charge in [0.2, 0.25) is 5.91 Å². The van der Waals surface area contributed by atoms with Crippen molar-refractivity contribution in [1.82, 2.24) is 15.4 Å². The lowest BCUT2D eigenvalue weighted by Crippen LogP contribution is -2.46. The summed E-state index contributed by atoms with van der Waals surface area (Å²) in [5.41, 5.74) is 2.40. The number of hydrogen-bond acceptors (Lipinski definition) is 5. The molecule has 1 aromatic rings. The van der Waals surface area contributed by atoms with E-state index >= 15 is 0 Å². The zero-order valence-electron chi connectivity index (χ0n) is 13.9. The van der Waals surface area contributed by atoms with Gasteiger partial charge in [0.05, 0.1) is 12.0 Å². The molecule has 1 saturated heterocycles. The van der Waals surface area contributed by atoms with Gasteiger partial charge >= 0.3 is 0 Å². The van der Waals surface area contributed by atoms with Gasteiger partial charge in [0, 0.05) is 18.9 Å². The highest BCUT2D eigenvalue weighted by atomic mass is 16.5. The Hall–Kier alpha value is -1.99. The number of rotatable bonds is 7. The molecule has 0 aromatic carbocycles. The molecule has 0 radical (unpaired) electrons. The molecule has 0 bridgehead atoms. The molecule has 3 atom stereocenters. The lowest BCUT2D eigenvalue weighted by atomic mass is 9.93.